The Morgan fingerprint density at radius 1 is 0.811 bits per heavy atom. The Morgan fingerprint density at radius 3 is 2.34 bits per heavy atom. The summed E-state index contributed by atoms with van der Waals surface area (Å²) in [5.41, 5.74) is 9.79. The van der Waals surface area contributed by atoms with E-state index in [1.54, 1.807) is 16.6 Å². The van der Waals surface area contributed by atoms with E-state index in [-0.39, 0.29) is 23.7 Å². The Bertz CT molecular complexity index is 1880. The zero-order valence-corrected chi connectivity index (χ0v) is 32.2. The molecule has 53 heavy (non-hydrogen) atoms. The van der Waals surface area contributed by atoms with Crippen molar-refractivity contribution < 1.29 is 4.74 Å². The Kier molecular flexibility index (Phi) is 7.91. The molecule has 11 rings (SSSR count). The number of hydrogen-bond donors (Lipinski definition) is 0. The second-order valence-electron chi connectivity index (χ2n) is 18.9. The Hall–Kier alpha value is -3.24. The minimum absolute atomic E-state index is 0.0857. The van der Waals surface area contributed by atoms with Gasteiger partial charge in [-0.2, -0.15) is 0 Å². The third-order valence-corrected chi connectivity index (χ3v) is 16.5. The molecule has 1 aromatic rings. The molecule has 0 amide bonds. The van der Waals surface area contributed by atoms with Crippen LogP contribution in [0.5, 0.6) is 0 Å². The molecule has 3 fully saturated rings. The molecule has 4 heterocycles. The van der Waals surface area contributed by atoms with Gasteiger partial charge >= 0.3 is 0 Å². The van der Waals surface area contributed by atoms with E-state index in [0.717, 1.165) is 19.3 Å². The van der Waals surface area contributed by atoms with Crippen LogP contribution in [0, 0.1) is 35.0 Å². The zero-order chi connectivity index (χ0) is 35.3. The van der Waals surface area contributed by atoms with Crippen LogP contribution in [0.25, 0.3) is 0 Å². The first kappa shape index (κ1) is 33.1. The summed E-state index contributed by atoms with van der Waals surface area (Å²) in [4.78, 5) is 5.92. The number of nitrogens with zero attached hydrogens (tertiary/aromatic N) is 2. The lowest BCUT2D eigenvalue weighted by molar-refractivity contribution is -0.00542. The van der Waals surface area contributed by atoms with Crippen LogP contribution in [0.2, 0.25) is 0 Å². The standard InChI is InChI=1S/C49H59BN2O/c1-48(2)49(31-16-7-17-32-49)42-37(33-19-8-3-9-20-33)29-30-38-44(42)52(48)40-28-18-27-39-43(40)50(38)47-45(51(39)36-25-14-6-15-26-36)41(34-21-10-4-11-22-34)46(53-47)35-23-12-5-13-24-35/h5-6,8,10,12,14-15,18-19,21,23,25-27,29-30,33-34,37,40-42,45-47H,3-4,7,9,11,13,16-17,20,22,24,28,31-32H2,1-2H3. The van der Waals surface area contributed by atoms with Crippen molar-refractivity contribution in [1.82, 2.24) is 4.90 Å². The van der Waals surface area contributed by atoms with Gasteiger partial charge in [-0.05, 0) is 131 Å². The predicted octanol–water partition coefficient (Wildman–Crippen LogP) is 11.1. The molecule has 0 bridgehead atoms. The minimum Gasteiger partial charge on any atom is -0.375 e. The number of hydrogen-bond acceptors (Lipinski definition) is 3. The van der Waals surface area contributed by atoms with Crippen LogP contribution < -0.4 is 4.90 Å². The molecule has 1 aromatic carbocycles. The van der Waals surface area contributed by atoms with Gasteiger partial charge < -0.3 is 14.5 Å². The number of ether oxygens (including phenoxy) is 1. The highest BCUT2D eigenvalue weighted by atomic mass is 16.5. The molecule has 4 aliphatic heterocycles. The Labute approximate surface area is 319 Å². The average molecular weight is 703 g/mol. The van der Waals surface area contributed by atoms with Crippen molar-refractivity contribution in [1.29, 1.82) is 0 Å². The molecule has 0 radical (unpaired) electrons. The van der Waals surface area contributed by atoms with Crippen LogP contribution in [0.15, 0.2) is 125 Å². The van der Waals surface area contributed by atoms with E-state index in [0.29, 0.717) is 47.8 Å². The molecular formula is C49H59BN2O. The minimum atomic E-state index is 0.0857. The smallest absolute Gasteiger partial charge is 0.246 e. The summed E-state index contributed by atoms with van der Waals surface area (Å²) in [7, 11) is 0. The molecule has 1 spiro atoms. The zero-order valence-electron chi connectivity index (χ0n) is 32.2. The van der Waals surface area contributed by atoms with Gasteiger partial charge in [-0.3, -0.25) is 0 Å². The number of para-hydroxylation sites is 1. The Morgan fingerprint density at radius 2 is 1.60 bits per heavy atom. The largest absolute Gasteiger partial charge is 0.375 e. The van der Waals surface area contributed by atoms with Gasteiger partial charge in [0.05, 0.1) is 18.1 Å². The predicted molar refractivity (Wildman–Crippen MR) is 219 cm³/mol. The van der Waals surface area contributed by atoms with Crippen LogP contribution >= 0.6 is 0 Å². The second-order valence-corrected chi connectivity index (χ2v) is 18.9. The van der Waals surface area contributed by atoms with E-state index in [9.17, 15) is 0 Å². The topological polar surface area (TPSA) is 15.7 Å². The van der Waals surface area contributed by atoms with Crippen molar-refractivity contribution in [3.05, 3.63) is 125 Å². The monoisotopic (exact) mass is 702 g/mol. The van der Waals surface area contributed by atoms with Crippen molar-refractivity contribution >= 4 is 12.4 Å². The SMILES string of the molecule is CC1(C)N2C3=C(C=CC(C4C=CCCC4)C3C13CCCCC3)B1C3=C(C=CCC32)N(c2ccccc2)C2C1OC(C1=CC=CCC1)C2C1C=CCCC1. The molecule has 0 aromatic heterocycles. The normalized spacial score (nSPS) is 38.7. The van der Waals surface area contributed by atoms with Crippen LogP contribution in [-0.4, -0.2) is 41.3 Å². The summed E-state index contributed by atoms with van der Waals surface area (Å²) >= 11 is 0. The van der Waals surface area contributed by atoms with Gasteiger partial charge in [0.1, 0.15) is 0 Å². The number of allylic oxidation sites excluding steroid dienone is 12. The van der Waals surface area contributed by atoms with Crippen molar-refractivity contribution in [3.63, 3.8) is 0 Å². The van der Waals surface area contributed by atoms with E-state index >= 15 is 0 Å². The quantitative estimate of drug-likeness (QED) is 0.229. The van der Waals surface area contributed by atoms with Crippen molar-refractivity contribution in [3.8, 4) is 0 Å². The summed E-state index contributed by atoms with van der Waals surface area (Å²) in [5, 5.41) is 0. The van der Waals surface area contributed by atoms with Gasteiger partial charge in [0.15, 0.2) is 0 Å². The molecule has 9 unspecified atom stereocenters. The van der Waals surface area contributed by atoms with Crippen LogP contribution in [-0.2, 0) is 4.74 Å². The molecule has 1 saturated carbocycles. The summed E-state index contributed by atoms with van der Waals surface area (Å²) in [5.74, 6) is 2.77. The van der Waals surface area contributed by atoms with E-state index < -0.39 is 0 Å². The highest BCUT2D eigenvalue weighted by Crippen LogP contribution is 2.69. The molecule has 6 aliphatic carbocycles. The molecule has 2 saturated heterocycles. The lowest BCUT2D eigenvalue weighted by Gasteiger charge is -2.57. The molecule has 274 valence electrons. The third-order valence-electron chi connectivity index (χ3n) is 16.5. The molecule has 9 atom stereocenters. The molecule has 4 heteroatoms. The van der Waals surface area contributed by atoms with Crippen molar-refractivity contribution in [2.45, 2.75) is 133 Å². The number of rotatable bonds is 4. The first-order chi connectivity index (χ1) is 26.1. The summed E-state index contributed by atoms with van der Waals surface area (Å²) in [6.07, 6.45) is 46.0. The maximum Gasteiger partial charge on any atom is 0.246 e. The van der Waals surface area contributed by atoms with Crippen LogP contribution in [0.4, 0.5) is 5.69 Å². The molecule has 10 aliphatic rings. The molecule has 0 N–H and O–H groups in total. The lowest BCUT2D eigenvalue weighted by atomic mass is 9.29. The first-order valence-corrected chi connectivity index (χ1v) is 21.9. The van der Waals surface area contributed by atoms with Gasteiger partial charge in [-0.15, -0.1) is 0 Å². The second kappa shape index (κ2) is 12.7. The van der Waals surface area contributed by atoms with Crippen LogP contribution in [0.3, 0.4) is 0 Å². The van der Waals surface area contributed by atoms with E-state index in [4.69, 9.17) is 4.74 Å². The third kappa shape index (κ3) is 4.69. The fourth-order valence-corrected chi connectivity index (χ4v) is 14.4. The summed E-state index contributed by atoms with van der Waals surface area (Å²) < 4.78 is 7.90. The first-order valence-electron chi connectivity index (χ1n) is 21.9. The summed E-state index contributed by atoms with van der Waals surface area (Å²) in [6, 6.07) is 12.3. The number of benzene rings is 1. The lowest BCUT2D eigenvalue weighted by Crippen LogP contribution is -2.65. The van der Waals surface area contributed by atoms with Crippen molar-refractivity contribution in [2.75, 3.05) is 4.90 Å². The fraction of sp³-hybridized carbons (Fsp3) is 0.551. The van der Waals surface area contributed by atoms with Gasteiger partial charge in [0.25, 0.3) is 0 Å². The molecular weight excluding hydrogens is 643 g/mol. The highest BCUT2D eigenvalue weighted by molar-refractivity contribution is 6.77. The van der Waals surface area contributed by atoms with Crippen LogP contribution in [0.1, 0.15) is 104 Å². The van der Waals surface area contributed by atoms with E-state index in [1.807, 2.05) is 0 Å². The number of fused-ring (bicyclic) bond motifs is 5. The Balaban J connectivity index is 1.15. The van der Waals surface area contributed by atoms with E-state index in [1.165, 1.54) is 87.6 Å². The van der Waals surface area contributed by atoms with Gasteiger partial charge in [-0.25, -0.2) is 0 Å². The highest BCUT2D eigenvalue weighted by Gasteiger charge is 2.70. The van der Waals surface area contributed by atoms with Gasteiger partial charge in [0, 0.05) is 45.9 Å². The van der Waals surface area contributed by atoms with Gasteiger partial charge in [-0.1, -0.05) is 104 Å². The molecule has 3 nitrogen and oxygen atoms in total. The fourth-order valence-electron chi connectivity index (χ4n) is 14.4. The van der Waals surface area contributed by atoms with Crippen molar-refractivity contribution in [2.24, 2.45) is 35.0 Å². The average Bonchev–Trinajstić information content (AvgIpc) is 3.70. The van der Waals surface area contributed by atoms with Gasteiger partial charge in [0.2, 0.25) is 6.71 Å². The van der Waals surface area contributed by atoms with E-state index in [2.05, 4.69) is 121 Å². The number of anilines is 1. The maximum atomic E-state index is 7.90. The maximum absolute atomic E-state index is 7.90. The summed E-state index contributed by atoms with van der Waals surface area (Å²) in [6.45, 7) is 5.67.